The van der Waals surface area contributed by atoms with Gasteiger partial charge in [-0.2, -0.15) is 0 Å². The Balaban J connectivity index is 2.31. The van der Waals surface area contributed by atoms with Crippen LogP contribution in [0.4, 0.5) is 0 Å². The normalized spacial score (nSPS) is 10.8. The molecular weight excluding hydrogens is 288 g/mol. The third kappa shape index (κ3) is 3.43. The molecule has 3 aromatic carbocycles. The summed E-state index contributed by atoms with van der Waals surface area (Å²) in [5.41, 5.74) is 8.43. The molecule has 0 aliphatic heterocycles. The van der Waals surface area contributed by atoms with Crippen LogP contribution in [-0.4, -0.2) is 0 Å². The molecule has 0 N–H and O–H groups in total. The molecule has 0 amide bonds. The van der Waals surface area contributed by atoms with E-state index in [1.165, 1.54) is 46.2 Å². The molecule has 0 radical (unpaired) electrons. The SMILES string of the molecule is CCCc1ccc(CCC)c(-c2ccccc2)c1-c1ccccc1. The summed E-state index contributed by atoms with van der Waals surface area (Å²) >= 11 is 0. The van der Waals surface area contributed by atoms with E-state index in [1.54, 1.807) is 0 Å². The van der Waals surface area contributed by atoms with Crippen molar-refractivity contribution in [2.24, 2.45) is 0 Å². The summed E-state index contributed by atoms with van der Waals surface area (Å²) in [5.74, 6) is 0. The van der Waals surface area contributed by atoms with Gasteiger partial charge in [-0.15, -0.1) is 0 Å². The minimum absolute atomic E-state index is 1.12. The fourth-order valence-electron chi connectivity index (χ4n) is 3.51. The Kier molecular flexibility index (Phi) is 5.48. The van der Waals surface area contributed by atoms with Gasteiger partial charge in [0.1, 0.15) is 0 Å². The van der Waals surface area contributed by atoms with Crippen LogP contribution in [0.1, 0.15) is 37.8 Å². The van der Waals surface area contributed by atoms with E-state index >= 15 is 0 Å². The monoisotopic (exact) mass is 314 g/mol. The second-order valence-corrected chi connectivity index (χ2v) is 6.37. The lowest BCUT2D eigenvalue weighted by atomic mass is 9.84. The largest absolute Gasteiger partial charge is 0.0651 e. The highest BCUT2D eigenvalue weighted by atomic mass is 14.2. The first kappa shape index (κ1) is 16.5. The molecule has 0 unspecified atom stereocenters. The summed E-state index contributed by atoms with van der Waals surface area (Å²) in [6, 6.07) is 26.5. The Bertz CT molecular complexity index is 701. The molecule has 0 aromatic heterocycles. The van der Waals surface area contributed by atoms with Crippen molar-refractivity contribution < 1.29 is 0 Å². The van der Waals surface area contributed by atoms with E-state index in [1.807, 2.05) is 0 Å². The van der Waals surface area contributed by atoms with Gasteiger partial charge in [-0.3, -0.25) is 0 Å². The molecule has 0 atom stereocenters. The summed E-state index contributed by atoms with van der Waals surface area (Å²) in [7, 11) is 0. The lowest BCUT2D eigenvalue weighted by Crippen LogP contribution is -1.99. The summed E-state index contributed by atoms with van der Waals surface area (Å²) in [4.78, 5) is 0. The summed E-state index contributed by atoms with van der Waals surface area (Å²) in [6.07, 6.45) is 4.58. The van der Waals surface area contributed by atoms with Gasteiger partial charge in [-0.1, -0.05) is 99.5 Å². The Labute approximate surface area is 146 Å². The molecule has 3 rings (SSSR count). The number of benzene rings is 3. The van der Waals surface area contributed by atoms with E-state index in [9.17, 15) is 0 Å². The molecule has 0 nitrogen and oxygen atoms in total. The summed E-state index contributed by atoms with van der Waals surface area (Å²) in [6.45, 7) is 4.52. The Morgan fingerprint density at radius 3 is 1.21 bits per heavy atom. The quantitative estimate of drug-likeness (QED) is 0.463. The van der Waals surface area contributed by atoms with E-state index in [0.29, 0.717) is 0 Å². The average molecular weight is 314 g/mol. The van der Waals surface area contributed by atoms with Crippen LogP contribution in [0.5, 0.6) is 0 Å². The highest BCUT2D eigenvalue weighted by molar-refractivity contribution is 5.88. The van der Waals surface area contributed by atoms with Gasteiger partial charge in [0.15, 0.2) is 0 Å². The van der Waals surface area contributed by atoms with E-state index in [4.69, 9.17) is 0 Å². The van der Waals surface area contributed by atoms with Crippen molar-refractivity contribution >= 4 is 0 Å². The molecule has 24 heavy (non-hydrogen) atoms. The van der Waals surface area contributed by atoms with Gasteiger partial charge in [0.25, 0.3) is 0 Å². The van der Waals surface area contributed by atoms with Crippen molar-refractivity contribution in [2.45, 2.75) is 39.5 Å². The van der Waals surface area contributed by atoms with Crippen molar-refractivity contribution in [1.82, 2.24) is 0 Å². The average Bonchev–Trinajstić information content (AvgIpc) is 2.64. The van der Waals surface area contributed by atoms with Gasteiger partial charge < -0.3 is 0 Å². The number of hydrogen-bond acceptors (Lipinski definition) is 0. The maximum absolute atomic E-state index is 2.35. The second kappa shape index (κ2) is 7.97. The minimum Gasteiger partial charge on any atom is -0.0651 e. The van der Waals surface area contributed by atoms with Gasteiger partial charge in [0, 0.05) is 0 Å². The van der Waals surface area contributed by atoms with E-state index in [-0.39, 0.29) is 0 Å². The molecular formula is C24H26. The highest BCUT2D eigenvalue weighted by Gasteiger charge is 2.15. The van der Waals surface area contributed by atoms with Gasteiger partial charge in [-0.05, 0) is 46.2 Å². The molecule has 0 saturated heterocycles. The number of rotatable bonds is 6. The second-order valence-electron chi connectivity index (χ2n) is 6.37. The molecule has 0 fully saturated rings. The summed E-state index contributed by atoms with van der Waals surface area (Å²) in [5, 5.41) is 0. The maximum atomic E-state index is 2.35. The van der Waals surface area contributed by atoms with Gasteiger partial charge in [0.2, 0.25) is 0 Å². The maximum Gasteiger partial charge on any atom is -0.00705 e. The molecule has 0 bridgehead atoms. The zero-order chi connectivity index (χ0) is 16.8. The van der Waals surface area contributed by atoms with Crippen LogP contribution >= 0.6 is 0 Å². The van der Waals surface area contributed by atoms with Crippen molar-refractivity contribution in [1.29, 1.82) is 0 Å². The lowest BCUT2D eigenvalue weighted by molar-refractivity contribution is 0.907. The van der Waals surface area contributed by atoms with E-state index < -0.39 is 0 Å². The van der Waals surface area contributed by atoms with Crippen molar-refractivity contribution in [2.75, 3.05) is 0 Å². The van der Waals surface area contributed by atoms with Crippen LogP contribution in [0.25, 0.3) is 22.3 Å². The van der Waals surface area contributed by atoms with Gasteiger partial charge >= 0.3 is 0 Å². The summed E-state index contributed by atoms with van der Waals surface area (Å²) < 4.78 is 0. The van der Waals surface area contributed by atoms with Crippen LogP contribution in [0.2, 0.25) is 0 Å². The minimum atomic E-state index is 1.12. The third-order valence-electron chi connectivity index (χ3n) is 4.54. The zero-order valence-corrected chi connectivity index (χ0v) is 14.8. The van der Waals surface area contributed by atoms with Crippen molar-refractivity contribution in [3.8, 4) is 22.3 Å². The van der Waals surface area contributed by atoms with Crippen LogP contribution in [-0.2, 0) is 12.8 Å². The molecule has 122 valence electrons. The molecule has 0 spiro atoms. The number of hydrogen-bond donors (Lipinski definition) is 0. The fraction of sp³-hybridized carbons (Fsp3) is 0.250. The standard InChI is InChI=1S/C24H26/c1-3-11-19-17-18-20(12-4-2)24(22-15-9-6-10-16-22)23(19)21-13-7-5-8-14-21/h5-10,13-18H,3-4,11-12H2,1-2H3. The Morgan fingerprint density at radius 2 is 0.875 bits per heavy atom. The molecule has 0 aliphatic rings. The van der Waals surface area contributed by atoms with Gasteiger partial charge in [-0.25, -0.2) is 0 Å². The Morgan fingerprint density at radius 1 is 0.500 bits per heavy atom. The molecule has 0 heteroatoms. The molecule has 0 heterocycles. The molecule has 0 saturated carbocycles. The van der Waals surface area contributed by atoms with Crippen LogP contribution in [0.15, 0.2) is 72.8 Å². The predicted octanol–water partition coefficient (Wildman–Crippen LogP) is 6.93. The number of aryl methyl sites for hydroxylation is 2. The van der Waals surface area contributed by atoms with E-state index in [2.05, 4.69) is 86.6 Å². The van der Waals surface area contributed by atoms with Gasteiger partial charge in [0.05, 0.1) is 0 Å². The Hall–Kier alpha value is -2.34. The molecule has 0 aliphatic carbocycles. The topological polar surface area (TPSA) is 0 Å². The van der Waals surface area contributed by atoms with Crippen LogP contribution in [0, 0.1) is 0 Å². The molecule has 3 aromatic rings. The van der Waals surface area contributed by atoms with E-state index in [0.717, 1.165) is 12.8 Å². The third-order valence-corrected chi connectivity index (χ3v) is 4.54. The smallest absolute Gasteiger partial charge is 0.00705 e. The first-order valence-electron chi connectivity index (χ1n) is 9.10. The fourth-order valence-corrected chi connectivity index (χ4v) is 3.51. The lowest BCUT2D eigenvalue weighted by Gasteiger charge is -2.19. The first-order chi connectivity index (χ1) is 11.8. The predicted molar refractivity (Wildman–Crippen MR) is 105 cm³/mol. The van der Waals surface area contributed by atoms with Crippen LogP contribution in [0.3, 0.4) is 0 Å². The van der Waals surface area contributed by atoms with Crippen LogP contribution < -0.4 is 0 Å². The first-order valence-corrected chi connectivity index (χ1v) is 9.10. The van der Waals surface area contributed by atoms with Crippen molar-refractivity contribution in [3.63, 3.8) is 0 Å². The van der Waals surface area contributed by atoms with Crippen molar-refractivity contribution in [3.05, 3.63) is 83.9 Å². The highest BCUT2D eigenvalue weighted by Crippen LogP contribution is 2.38. The zero-order valence-electron chi connectivity index (χ0n) is 14.8.